The molecule has 1 aromatic carbocycles. The summed E-state index contributed by atoms with van der Waals surface area (Å²) < 4.78 is 26.2. The number of benzene rings is 1. The molecule has 1 aliphatic rings. The lowest BCUT2D eigenvalue weighted by Crippen LogP contribution is -2.37. The molecule has 1 amide bonds. The highest BCUT2D eigenvalue weighted by Gasteiger charge is 2.27. The van der Waals surface area contributed by atoms with E-state index < -0.39 is 0 Å². The van der Waals surface area contributed by atoms with Gasteiger partial charge >= 0.3 is 0 Å². The fourth-order valence-corrected chi connectivity index (χ4v) is 3.55. The van der Waals surface area contributed by atoms with Gasteiger partial charge in [-0.25, -0.2) is 9.37 Å². The number of hydrogen-bond donors (Lipinski definition) is 0. The van der Waals surface area contributed by atoms with Crippen molar-refractivity contribution in [3.8, 4) is 28.5 Å². The van der Waals surface area contributed by atoms with Crippen LogP contribution in [0.2, 0.25) is 0 Å². The molecule has 0 bridgehead atoms. The first kappa shape index (κ1) is 19.9. The van der Waals surface area contributed by atoms with Crippen molar-refractivity contribution >= 4 is 5.91 Å². The normalized spacial score (nSPS) is 13.3. The molecule has 0 N–H and O–H groups in total. The van der Waals surface area contributed by atoms with Gasteiger partial charge in [0.25, 0.3) is 5.91 Å². The monoisotopic (exact) mass is 434 g/mol. The zero-order valence-electron chi connectivity index (χ0n) is 17.4. The number of fused-ring (bicyclic) bond motifs is 1. The third kappa shape index (κ3) is 3.49. The Morgan fingerprint density at radius 3 is 2.56 bits per heavy atom. The number of rotatable bonds is 5. The second-order valence-electron chi connectivity index (χ2n) is 7.47. The minimum atomic E-state index is -0.318. The predicted molar refractivity (Wildman–Crippen MR) is 111 cm³/mol. The van der Waals surface area contributed by atoms with E-state index in [1.807, 2.05) is 6.07 Å². The molecular weight excluding hydrogens is 415 g/mol. The van der Waals surface area contributed by atoms with Crippen molar-refractivity contribution < 1.29 is 18.4 Å². The Hall–Kier alpha value is -4.08. The highest BCUT2D eigenvalue weighted by atomic mass is 19.1. The third-order valence-corrected chi connectivity index (χ3v) is 5.41. The van der Waals surface area contributed by atoms with E-state index in [4.69, 9.17) is 9.26 Å². The van der Waals surface area contributed by atoms with Crippen molar-refractivity contribution in [3.05, 3.63) is 65.6 Å². The third-order valence-electron chi connectivity index (χ3n) is 5.41. The van der Waals surface area contributed by atoms with Gasteiger partial charge in [-0.05, 0) is 37.3 Å². The number of aryl methyl sites for hydroxylation is 1. The molecule has 0 radical (unpaired) electrons. The summed E-state index contributed by atoms with van der Waals surface area (Å²) in [7, 11) is 1.74. The lowest BCUT2D eigenvalue weighted by molar-refractivity contribution is 0.0742. The molecule has 4 aromatic rings. The van der Waals surface area contributed by atoms with Gasteiger partial charge in [0, 0.05) is 43.5 Å². The molecule has 5 rings (SSSR count). The predicted octanol–water partition coefficient (Wildman–Crippen LogP) is 3.11. The SMILES string of the molecule is Cc1onc(-c2ccc(F)cc2)c1COc1ccc(-c2nnc3n2CCN(C)C3=O)cn1. The summed E-state index contributed by atoms with van der Waals surface area (Å²) in [5.41, 5.74) is 2.84. The van der Waals surface area contributed by atoms with Crippen LogP contribution < -0.4 is 4.74 Å². The smallest absolute Gasteiger partial charge is 0.291 e. The van der Waals surface area contributed by atoms with E-state index in [0.29, 0.717) is 42.1 Å². The van der Waals surface area contributed by atoms with Gasteiger partial charge < -0.3 is 18.7 Å². The maximum atomic E-state index is 13.2. The van der Waals surface area contributed by atoms with E-state index in [0.717, 1.165) is 16.7 Å². The van der Waals surface area contributed by atoms with Crippen LogP contribution in [0, 0.1) is 12.7 Å². The average molecular weight is 434 g/mol. The molecule has 0 saturated heterocycles. The molecule has 10 heteroatoms. The van der Waals surface area contributed by atoms with Crippen LogP contribution in [0.1, 0.15) is 21.9 Å². The van der Waals surface area contributed by atoms with E-state index in [1.165, 1.54) is 12.1 Å². The second-order valence-corrected chi connectivity index (χ2v) is 7.47. The van der Waals surface area contributed by atoms with Crippen molar-refractivity contribution in [2.24, 2.45) is 0 Å². The standard InChI is InChI=1S/C22H19FN6O3/c1-13-17(19(27-32-13)14-3-6-16(23)7-4-14)12-31-18-8-5-15(11-24-18)20-25-26-21-22(30)28(2)9-10-29(20)21/h3-8,11H,9-10,12H2,1-2H3. The van der Waals surface area contributed by atoms with Crippen LogP contribution in [0.3, 0.4) is 0 Å². The van der Waals surface area contributed by atoms with Crippen LogP contribution in [0.15, 0.2) is 47.1 Å². The lowest BCUT2D eigenvalue weighted by Gasteiger charge is -2.23. The van der Waals surface area contributed by atoms with Gasteiger partial charge in [0.1, 0.15) is 23.9 Å². The fraction of sp³-hybridized carbons (Fsp3) is 0.227. The Morgan fingerprint density at radius 2 is 1.81 bits per heavy atom. The molecule has 0 aliphatic carbocycles. The first-order valence-electron chi connectivity index (χ1n) is 10.00. The number of carbonyl (C=O) groups excluding carboxylic acids is 1. The van der Waals surface area contributed by atoms with Gasteiger partial charge in [0.2, 0.25) is 11.7 Å². The molecule has 3 aromatic heterocycles. The number of carbonyl (C=O) groups is 1. The number of pyridine rings is 1. The number of aromatic nitrogens is 5. The Bertz CT molecular complexity index is 1280. The summed E-state index contributed by atoms with van der Waals surface area (Å²) >= 11 is 0. The number of amides is 1. The van der Waals surface area contributed by atoms with Gasteiger partial charge in [-0.1, -0.05) is 5.16 Å². The minimum Gasteiger partial charge on any atom is -0.473 e. The maximum Gasteiger partial charge on any atom is 0.291 e. The molecule has 162 valence electrons. The Balaban J connectivity index is 1.33. The largest absolute Gasteiger partial charge is 0.473 e. The van der Waals surface area contributed by atoms with Crippen molar-refractivity contribution in [3.63, 3.8) is 0 Å². The van der Waals surface area contributed by atoms with Crippen LogP contribution in [-0.4, -0.2) is 49.3 Å². The Morgan fingerprint density at radius 1 is 1.06 bits per heavy atom. The Labute approximate surface area is 182 Å². The molecule has 9 nitrogen and oxygen atoms in total. The molecule has 0 unspecified atom stereocenters. The number of nitrogens with zero attached hydrogens (tertiary/aromatic N) is 6. The number of hydrogen-bond acceptors (Lipinski definition) is 7. The highest BCUT2D eigenvalue weighted by molar-refractivity contribution is 5.91. The highest BCUT2D eigenvalue weighted by Crippen LogP contribution is 2.27. The van der Waals surface area contributed by atoms with Gasteiger partial charge in [0.05, 0.1) is 5.56 Å². The first-order valence-corrected chi connectivity index (χ1v) is 10.00. The van der Waals surface area contributed by atoms with E-state index in [9.17, 15) is 9.18 Å². The van der Waals surface area contributed by atoms with Gasteiger partial charge in [-0.3, -0.25) is 4.79 Å². The molecule has 4 heterocycles. The van der Waals surface area contributed by atoms with E-state index in [-0.39, 0.29) is 18.3 Å². The van der Waals surface area contributed by atoms with Crippen molar-refractivity contribution in [2.75, 3.05) is 13.6 Å². The summed E-state index contributed by atoms with van der Waals surface area (Å²) in [6.45, 7) is 3.20. The molecule has 0 spiro atoms. The van der Waals surface area contributed by atoms with Crippen LogP contribution in [0.4, 0.5) is 4.39 Å². The van der Waals surface area contributed by atoms with Crippen molar-refractivity contribution in [1.82, 2.24) is 29.8 Å². The summed E-state index contributed by atoms with van der Waals surface area (Å²) in [6.07, 6.45) is 1.64. The maximum absolute atomic E-state index is 13.2. The topological polar surface area (TPSA) is 99.2 Å². The molecule has 0 saturated carbocycles. The fourth-order valence-electron chi connectivity index (χ4n) is 3.55. The number of ether oxygens (including phenoxy) is 1. The van der Waals surface area contributed by atoms with Crippen molar-refractivity contribution in [1.29, 1.82) is 0 Å². The molecule has 32 heavy (non-hydrogen) atoms. The van der Waals surface area contributed by atoms with Crippen LogP contribution in [0.25, 0.3) is 22.6 Å². The molecule has 1 aliphatic heterocycles. The zero-order valence-corrected chi connectivity index (χ0v) is 17.4. The summed E-state index contributed by atoms with van der Waals surface area (Å²) in [5.74, 6) is 1.48. The zero-order chi connectivity index (χ0) is 22.2. The Kier molecular flexibility index (Phi) is 4.89. The quantitative estimate of drug-likeness (QED) is 0.476. The number of likely N-dealkylation sites (N-methyl/N-ethyl adjacent to an activating group) is 1. The van der Waals surface area contributed by atoms with Crippen LogP contribution >= 0.6 is 0 Å². The second kappa shape index (κ2) is 7.88. The van der Waals surface area contributed by atoms with Gasteiger partial charge in [-0.2, -0.15) is 0 Å². The van der Waals surface area contributed by atoms with E-state index >= 15 is 0 Å². The van der Waals surface area contributed by atoms with Crippen molar-refractivity contribution in [2.45, 2.75) is 20.1 Å². The van der Waals surface area contributed by atoms with Gasteiger partial charge in [0.15, 0.2) is 5.82 Å². The lowest BCUT2D eigenvalue weighted by atomic mass is 10.1. The van der Waals surface area contributed by atoms with Gasteiger partial charge in [-0.15, -0.1) is 10.2 Å². The summed E-state index contributed by atoms with van der Waals surface area (Å²) in [5, 5.41) is 12.3. The molecule has 0 fully saturated rings. The van der Waals surface area contributed by atoms with Crippen LogP contribution in [0.5, 0.6) is 5.88 Å². The summed E-state index contributed by atoms with van der Waals surface area (Å²) in [4.78, 5) is 18.2. The van der Waals surface area contributed by atoms with Crippen LogP contribution in [-0.2, 0) is 13.2 Å². The molecule has 0 atom stereocenters. The first-order chi connectivity index (χ1) is 15.5. The average Bonchev–Trinajstić information content (AvgIpc) is 3.40. The minimum absolute atomic E-state index is 0.149. The van der Waals surface area contributed by atoms with E-state index in [2.05, 4.69) is 20.3 Å². The number of halogens is 1. The van der Waals surface area contributed by atoms with E-state index in [1.54, 1.807) is 47.8 Å². The molecular formula is C22H19FN6O3. The summed E-state index contributed by atoms with van der Waals surface area (Å²) in [6, 6.07) is 9.59.